The van der Waals surface area contributed by atoms with Crippen LogP contribution in [0.25, 0.3) is 0 Å². The van der Waals surface area contributed by atoms with E-state index in [-0.39, 0.29) is 6.09 Å². The summed E-state index contributed by atoms with van der Waals surface area (Å²) in [4.78, 5) is 15.9. The Bertz CT molecular complexity index is 397. The molecule has 1 aliphatic rings. The van der Waals surface area contributed by atoms with Crippen LogP contribution >= 0.6 is 0 Å². The first kappa shape index (κ1) is 16.3. The van der Waals surface area contributed by atoms with Gasteiger partial charge in [-0.3, -0.25) is 0 Å². The highest BCUT2D eigenvalue weighted by molar-refractivity contribution is 5.68. The van der Waals surface area contributed by atoms with Gasteiger partial charge in [0.25, 0.3) is 0 Å². The topological polar surface area (TPSA) is 32.8 Å². The van der Waals surface area contributed by atoms with E-state index in [4.69, 9.17) is 4.74 Å². The van der Waals surface area contributed by atoms with Gasteiger partial charge >= 0.3 is 6.09 Å². The van der Waals surface area contributed by atoms with Crippen molar-refractivity contribution in [3.8, 4) is 0 Å². The molecule has 0 atom stereocenters. The third-order valence-electron chi connectivity index (χ3n) is 2.93. The summed E-state index contributed by atoms with van der Waals surface area (Å²) in [5.74, 6) is 0. The number of ether oxygens (including phenoxy) is 1. The highest BCUT2D eigenvalue weighted by atomic mass is 16.6. The molecule has 0 spiro atoms. The van der Waals surface area contributed by atoms with Gasteiger partial charge in [-0.15, -0.1) is 0 Å². The number of hydrogen-bond donors (Lipinski definition) is 0. The maximum Gasteiger partial charge on any atom is 0.410 e. The molecule has 0 aliphatic carbocycles. The maximum absolute atomic E-state index is 11.9. The van der Waals surface area contributed by atoms with E-state index in [2.05, 4.69) is 11.5 Å². The fourth-order valence-corrected chi connectivity index (χ4v) is 1.89. The summed E-state index contributed by atoms with van der Waals surface area (Å²) in [6.45, 7) is 14.6. The second-order valence-electron chi connectivity index (χ2n) is 5.83. The summed E-state index contributed by atoms with van der Waals surface area (Å²) in [6.07, 6.45) is 7.69. The van der Waals surface area contributed by atoms with Crippen LogP contribution in [0.1, 0.15) is 27.7 Å². The van der Waals surface area contributed by atoms with E-state index in [1.54, 1.807) is 4.90 Å². The van der Waals surface area contributed by atoms with Crippen molar-refractivity contribution < 1.29 is 9.53 Å². The standard InChI is InChI=1S/C16H26N2O2/c1-6-7-8-9-14(2)17-10-12-18(13-11-17)15(19)20-16(3,4)5/h6-9H,2,10-13H2,1,3-5H3/b7-6-,9-8-. The molecule has 0 radical (unpaired) electrons. The van der Waals surface area contributed by atoms with Gasteiger partial charge in [0.2, 0.25) is 0 Å². The van der Waals surface area contributed by atoms with Crippen LogP contribution in [0.2, 0.25) is 0 Å². The second kappa shape index (κ2) is 7.17. The van der Waals surface area contributed by atoms with Gasteiger partial charge in [0, 0.05) is 31.9 Å². The molecule has 1 aliphatic heterocycles. The summed E-state index contributed by atoms with van der Waals surface area (Å²) >= 11 is 0. The lowest BCUT2D eigenvalue weighted by atomic mass is 10.2. The Balaban J connectivity index is 2.43. The van der Waals surface area contributed by atoms with Gasteiger partial charge in [0.05, 0.1) is 0 Å². The number of allylic oxidation sites excluding steroid dienone is 4. The average molecular weight is 278 g/mol. The van der Waals surface area contributed by atoms with Gasteiger partial charge in [0.15, 0.2) is 0 Å². The number of amides is 1. The molecule has 1 heterocycles. The molecule has 20 heavy (non-hydrogen) atoms. The average Bonchev–Trinajstić information content (AvgIpc) is 2.37. The van der Waals surface area contributed by atoms with E-state index in [1.165, 1.54) is 0 Å². The van der Waals surface area contributed by atoms with Gasteiger partial charge in [-0.2, -0.15) is 0 Å². The zero-order valence-electron chi connectivity index (χ0n) is 13.1. The van der Waals surface area contributed by atoms with Crippen LogP contribution in [-0.4, -0.2) is 47.7 Å². The molecule has 4 nitrogen and oxygen atoms in total. The maximum atomic E-state index is 11.9. The van der Waals surface area contributed by atoms with Crippen LogP contribution in [0.4, 0.5) is 4.79 Å². The number of hydrogen-bond acceptors (Lipinski definition) is 3. The summed E-state index contributed by atoms with van der Waals surface area (Å²) < 4.78 is 5.38. The van der Waals surface area contributed by atoms with Crippen LogP contribution in [-0.2, 0) is 4.74 Å². The first-order chi connectivity index (χ1) is 9.33. The molecule has 1 rings (SSSR count). The van der Waals surface area contributed by atoms with E-state index >= 15 is 0 Å². The Labute approximate surface area is 122 Å². The quantitative estimate of drug-likeness (QED) is 0.743. The molecule has 0 N–H and O–H groups in total. The fraction of sp³-hybridized carbons (Fsp3) is 0.562. The molecule has 1 fully saturated rings. The lowest BCUT2D eigenvalue weighted by Gasteiger charge is -2.36. The molecule has 1 amide bonds. The van der Waals surface area contributed by atoms with Crippen molar-refractivity contribution in [1.29, 1.82) is 0 Å². The summed E-state index contributed by atoms with van der Waals surface area (Å²) in [5, 5.41) is 0. The lowest BCUT2D eigenvalue weighted by molar-refractivity contribution is 0.0171. The van der Waals surface area contributed by atoms with Crippen molar-refractivity contribution in [2.45, 2.75) is 33.3 Å². The molecule has 0 saturated carbocycles. The van der Waals surface area contributed by atoms with Crippen molar-refractivity contribution in [2.24, 2.45) is 0 Å². The number of carbonyl (C=O) groups is 1. The Kier molecular flexibility index (Phi) is 5.86. The van der Waals surface area contributed by atoms with Gasteiger partial charge in [0.1, 0.15) is 5.60 Å². The second-order valence-corrected chi connectivity index (χ2v) is 5.83. The SMILES string of the molecule is C=C(/C=C\C=C/C)N1CCN(C(=O)OC(C)(C)C)CC1. The molecule has 0 aromatic heterocycles. The van der Waals surface area contributed by atoms with Crippen LogP contribution in [0, 0.1) is 0 Å². The minimum absolute atomic E-state index is 0.229. The highest BCUT2D eigenvalue weighted by Crippen LogP contribution is 2.14. The van der Waals surface area contributed by atoms with Crippen molar-refractivity contribution >= 4 is 6.09 Å². The minimum Gasteiger partial charge on any atom is -0.444 e. The molecular weight excluding hydrogens is 252 g/mol. The monoisotopic (exact) mass is 278 g/mol. The molecule has 0 bridgehead atoms. The predicted molar refractivity (Wildman–Crippen MR) is 82.5 cm³/mol. The number of nitrogens with zero attached hydrogens (tertiary/aromatic N) is 2. The van der Waals surface area contributed by atoms with E-state index in [9.17, 15) is 4.79 Å². The van der Waals surface area contributed by atoms with Crippen molar-refractivity contribution in [1.82, 2.24) is 9.80 Å². The van der Waals surface area contributed by atoms with E-state index in [0.29, 0.717) is 13.1 Å². The van der Waals surface area contributed by atoms with Crippen molar-refractivity contribution in [2.75, 3.05) is 26.2 Å². The summed E-state index contributed by atoms with van der Waals surface area (Å²) in [5.41, 5.74) is 0.541. The van der Waals surface area contributed by atoms with Gasteiger partial charge in [-0.1, -0.05) is 24.8 Å². The van der Waals surface area contributed by atoms with Gasteiger partial charge in [-0.25, -0.2) is 4.79 Å². The summed E-state index contributed by atoms with van der Waals surface area (Å²) in [7, 11) is 0. The van der Waals surface area contributed by atoms with Crippen LogP contribution < -0.4 is 0 Å². The normalized spacial score (nSPS) is 17.0. The molecule has 0 aromatic carbocycles. The van der Waals surface area contributed by atoms with Gasteiger partial charge in [-0.05, 0) is 33.8 Å². The largest absolute Gasteiger partial charge is 0.444 e. The highest BCUT2D eigenvalue weighted by Gasteiger charge is 2.25. The molecule has 4 heteroatoms. The molecule has 0 unspecified atom stereocenters. The third-order valence-corrected chi connectivity index (χ3v) is 2.93. The zero-order valence-corrected chi connectivity index (χ0v) is 13.1. The zero-order chi connectivity index (χ0) is 15.2. The molecule has 1 saturated heterocycles. The Hall–Kier alpha value is -1.71. The fourth-order valence-electron chi connectivity index (χ4n) is 1.89. The summed E-state index contributed by atoms with van der Waals surface area (Å²) in [6, 6.07) is 0. The van der Waals surface area contributed by atoms with Gasteiger partial charge < -0.3 is 14.5 Å². The predicted octanol–water partition coefficient (Wildman–Crippen LogP) is 3.19. The molecule has 0 aromatic rings. The van der Waals surface area contributed by atoms with Crippen LogP contribution in [0.5, 0.6) is 0 Å². The molecule has 112 valence electrons. The first-order valence-electron chi connectivity index (χ1n) is 7.04. The van der Waals surface area contributed by atoms with E-state index < -0.39 is 5.60 Å². The van der Waals surface area contributed by atoms with Crippen LogP contribution in [0.15, 0.2) is 36.6 Å². The van der Waals surface area contributed by atoms with E-state index in [0.717, 1.165) is 18.8 Å². The number of piperazine rings is 1. The minimum atomic E-state index is -0.437. The first-order valence-corrected chi connectivity index (χ1v) is 7.04. The number of rotatable bonds is 3. The number of carbonyl (C=O) groups excluding carboxylic acids is 1. The Morgan fingerprint density at radius 1 is 1.10 bits per heavy atom. The van der Waals surface area contributed by atoms with E-state index in [1.807, 2.05) is 52.0 Å². The Morgan fingerprint density at radius 2 is 1.65 bits per heavy atom. The van der Waals surface area contributed by atoms with Crippen molar-refractivity contribution in [3.63, 3.8) is 0 Å². The van der Waals surface area contributed by atoms with Crippen LogP contribution in [0.3, 0.4) is 0 Å². The lowest BCUT2D eigenvalue weighted by Crippen LogP contribution is -2.49. The Morgan fingerprint density at radius 3 is 2.15 bits per heavy atom. The third kappa shape index (κ3) is 5.51. The van der Waals surface area contributed by atoms with Crippen molar-refractivity contribution in [3.05, 3.63) is 36.6 Å². The smallest absolute Gasteiger partial charge is 0.410 e. The molecular formula is C16H26N2O2.